The second-order valence-electron chi connectivity index (χ2n) is 6.29. The van der Waals surface area contributed by atoms with Crippen molar-refractivity contribution < 1.29 is 19.1 Å². The Labute approximate surface area is 182 Å². The van der Waals surface area contributed by atoms with Gasteiger partial charge in [0, 0.05) is 17.3 Å². The van der Waals surface area contributed by atoms with Crippen molar-refractivity contribution in [3.05, 3.63) is 81.0 Å². The van der Waals surface area contributed by atoms with Gasteiger partial charge in [0.1, 0.15) is 23.2 Å². The summed E-state index contributed by atoms with van der Waals surface area (Å²) in [6, 6.07) is 14.5. The molecule has 0 fully saturated rings. The number of carboxylic acid groups (broad SMARTS) is 1. The lowest BCUT2D eigenvalue weighted by molar-refractivity contribution is -0.112. The van der Waals surface area contributed by atoms with Crippen LogP contribution in [0.2, 0.25) is 10.0 Å². The number of hydrogen-bond acceptors (Lipinski definition) is 4. The van der Waals surface area contributed by atoms with Crippen LogP contribution in [0.4, 0.5) is 5.69 Å². The first-order valence-corrected chi connectivity index (χ1v) is 9.36. The molecule has 1 heterocycles. The molecule has 2 N–H and O–H groups in total. The molecular formula is C22H14Cl2N2O4. The number of nitrogens with one attached hydrogen (secondary N) is 1. The Bertz CT molecular complexity index is 1220. The summed E-state index contributed by atoms with van der Waals surface area (Å²) in [5.41, 5.74) is 1.56. The number of amides is 1. The molecule has 0 unspecified atom stereocenters. The van der Waals surface area contributed by atoms with Crippen LogP contribution < -0.4 is 5.32 Å². The van der Waals surface area contributed by atoms with Crippen molar-refractivity contribution in [3.8, 4) is 17.4 Å². The van der Waals surface area contributed by atoms with E-state index < -0.39 is 11.9 Å². The summed E-state index contributed by atoms with van der Waals surface area (Å²) in [6.45, 7) is 1.70. The third-order valence-electron chi connectivity index (χ3n) is 4.21. The van der Waals surface area contributed by atoms with Crippen molar-refractivity contribution in [1.29, 1.82) is 5.26 Å². The van der Waals surface area contributed by atoms with E-state index in [4.69, 9.17) is 27.6 Å². The average molecular weight is 441 g/mol. The van der Waals surface area contributed by atoms with Crippen molar-refractivity contribution in [3.63, 3.8) is 0 Å². The number of aromatic carboxylic acids is 1. The first-order valence-electron chi connectivity index (χ1n) is 8.61. The third kappa shape index (κ3) is 4.71. The van der Waals surface area contributed by atoms with Gasteiger partial charge >= 0.3 is 5.97 Å². The summed E-state index contributed by atoms with van der Waals surface area (Å²) in [5.74, 6) is -1.00. The van der Waals surface area contributed by atoms with Crippen LogP contribution in [0, 0.1) is 18.3 Å². The lowest BCUT2D eigenvalue weighted by Crippen LogP contribution is -2.13. The Morgan fingerprint density at radius 2 is 1.87 bits per heavy atom. The highest BCUT2D eigenvalue weighted by atomic mass is 35.5. The monoisotopic (exact) mass is 440 g/mol. The zero-order valence-electron chi connectivity index (χ0n) is 15.6. The van der Waals surface area contributed by atoms with Crippen LogP contribution >= 0.6 is 23.2 Å². The van der Waals surface area contributed by atoms with Crippen molar-refractivity contribution in [2.24, 2.45) is 0 Å². The maximum Gasteiger partial charge on any atom is 0.335 e. The number of rotatable bonds is 5. The summed E-state index contributed by atoms with van der Waals surface area (Å²) in [6.07, 6.45) is 1.29. The van der Waals surface area contributed by atoms with E-state index in [-0.39, 0.29) is 21.9 Å². The fourth-order valence-corrected chi connectivity index (χ4v) is 2.95. The molecule has 0 bridgehead atoms. The molecule has 3 rings (SSSR count). The smallest absolute Gasteiger partial charge is 0.335 e. The molecule has 30 heavy (non-hydrogen) atoms. The van der Waals surface area contributed by atoms with E-state index in [9.17, 15) is 20.0 Å². The molecule has 0 aliphatic carbocycles. The highest BCUT2D eigenvalue weighted by Gasteiger charge is 2.14. The number of halogens is 2. The van der Waals surface area contributed by atoms with E-state index in [0.717, 1.165) is 0 Å². The predicted molar refractivity (Wildman–Crippen MR) is 115 cm³/mol. The largest absolute Gasteiger partial charge is 0.478 e. The van der Waals surface area contributed by atoms with Crippen LogP contribution in [0.15, 0.2) is 58.5 Å². The molecule has 0 aliphatic rings. The first-order chi connectivity index (χ1) is 14.3. The first kappa shape index (κ1) is 21.2. The topological polar surface area (TPSA) is 103 Å². The van der Waals surface area contributed by atoms with Gasteiger partial charge in [-0.3, -0.25) is 4.79 Å². The Morgan fingerprint density at radius 3 is 2.53 bits per heavy atom. The second kappa shape index (κ2) is 8.87. The zero-order chi connectivity index (χ0) is 21.8. The van der Waals surface area contributed by atoms with Crippen LogP contribution in [0.1, 0.15) is 21.7 Å². The van der Waals surface area contributed by atoms with Gasteiger partial charge in [-0.2, -0.15) is 5.26 Å². The molecule has 0 saturated carbocycles. The fourth-order valence-electron chi connectivity index (χ4n) is 2.65. The minimum absolute atomic E-state index is 0.166. The Morgan fingerprint density at radius 1 is 1.10 bits per heavy atom. The summed E-state index contributed by atoms with van der Waals surface area (Å²) >= 11 is 11.8. The number of anilines is 1. The van der Waals surface area contributed by atoms with E-state index in [1.54, 1.807) is 37.3 Å². The minimum atomic E-state index is -1.04. The van der Waals surface area contributed by atoms with E-state index in [0.29, 0.717) is 27.6 Å². The van der Waals surface area contributed by atoms with Crippen LogP contribution in [0.3, 0.4) is 0 Å². The van der Waals surface area contributed by atoms with E-state index in [1.165, 1.54) is 24.3 Å². The van der Waals surface area contributed by atoms with E-state index >= 15 is 0 Å². The minimum Gasteiger partial charge on any atom is -0.478 e. The summed E-state index contributed by atoms with van der Waals surface area (Å²) < 4.78 is 5.67. The van der Waals surface area contributed by atoms with Gasteiger partial charge < -0.3 is 14.8 Å². The van der Waals surface area contributed by atoms with Gasteiger partial charge in [0.2, 0.25) is 0 Å². The van der Waals surface area contributed by atoms with Gasteiger partial charge in [0.05, 0.1) is 15.6 Å². The lowest BCUT2D eigenvalue weighted by atomic mass is 10.0. The molecule has 0 radical (unpaired) electrons. The predicted octanol–water partition coefficient (Wildman–Crippen LogP) is 5.81. The molecule has 8 heteroatoms. The number of carbonyl (C=O) groups excluding carboxylic acids is 1. The number of benzene rings is 2. The zero-order valence-corrected chi connectivity index (χ0v) is 17.1. The molecule has 0 atom stereocenters. The maximum absolute atomic E-state index is 12.4. The van der Waals surface area contributed by atoms with Crippen LogP contribution in [0.25, 0.3) is 17.4 Å². The molecular weight excluding hydrogens is 427 g/mol. The second-order valence-corrected chi connectivity index (χ2v) is 7.10. The Balaban J connectivity index is 1.84. The fraction of sp³-hybridized carbons (Fsp3) is 0.0455. The summed E-state index contributed by atoms with van der Waals surface area (Å²) in [7, 11) is 0. The highest BCUT2D eigenvalue weighted by molar-refractivity contribution is 6.42. The van der Waals surface area contributed by atoms with Gasteiger partial charge in [0.15, 0.2) is 0 Å². The summed E-state index contributed by atoms with van der Waals surface area (Å²) in [4.78, 5) is 23.7. The Hall–Kier alpha value is -3.53. The quantitative estimate of drug-likeness (QED) is 0.385. The molecule has 2 aromatic carbocycles. The standard InChI is InChI=1S/C22H14Cl2N2O4/c1-12-2-3-13(9-17(12)22(28)29)20-7-5-16(30-20)8-14(11-25)21(27)26-15-4-6-18(23)19(24)10-15/h2-10H,1H3,(H,26,27)(H,28,29)/b14-8-. The van der Waals surface area contributed by atoms with Gasteiger partial charge in [0.25, 0.3) is 5.91 Å². The van der Waals surface area contributed by atoms with Gasteiger partial charge in [-0.1, -0.05) is 35.3 Å². The summed E-state index contributed by atoms with van der Waals surface area (Å²) in [5, 5.41) is 21.8. The maximum atomic E-state index is 12.4. The molecule has 0 saturated heterocycles. The number of hydrogen-bond donors (Lipinski definition) is 2. The number of aryl methyl sites for hydroxylation is 1. The van der Waals surface area contributed by atoms with Gasteiger partial charge in [-0.05, 0) is 48.9 Å². The highest BCUT2D eigenvalue weighted by Crippen LogP contribution is 2.27. The number of carboxylic acids is 1. The van der Waals surface area contributed by atoms with Crippen molar-refractivity contribution in [1.82, 2.24) is 0 Å². The lowest BCUT2D eigenvalue weighted by Gasteiger charge is -2.05. The van der Waals surface area contributed by atoms with Crippen LogP contribution in [-0.2, 0) is 4.79 Å². The van der Waals surface area contributed by atoms with Gasteiger partial charge in [-0.25, -0.2) is 4.79 Å². The normalized spacial score (nSPS) is 11.1. The SMILES string of the molecule is Cc1ccc(-c2ccc(/C=C(/C#N)C(=O)Nc3ccc(Cl)c(Cl)c3)o2)cc1C(=O)O. The molecule has 0 spiro atoms. The number of furan rings is 1. The van der Waals surface area contributed by atoms with Crippen molar-refractivity contribution in [2.45, 2.75) is 6.92 Å². The van der Waals surface area contributed by atoms with E-state index in [2.05, 4.69) is 5.32 Å². The van der Waals surface area contributed by atoms with E-state index in [1.807, 2.05) is 6.07 Å². The molecule has 3 aromatic rings. The average Bonchev–Trinajstić information content (AvgIpc) is 3.17. The molecule has 1 amide bonds. The number of nitriles is 1. The Kier molecular flexibility index (Phi) is 6.26. The number of nitrogens with zero attached hydrogens (tertiary/aromatic N) is 1. The third-order valence-corrected chi connectivity index (χ3v) is 4.95. The molecule has 0 aliphatic heterocycles. The molecule has 150 valence electrons. The molecule has 1 aromatic heterocycles. The van der Waals surface area contributed by atoms with Crippen LogP contribution in [0.5, 0.6) is 0 Å². The van der Waals surface area contributed by atoms with Crippen molar-refractivity contribution >= 4 is 46.8 Å². The molecule has 6 nitrogen and oxygen atoms in total. The van der Waals surface area contributed by atoms with Gasteiger partial charge in [-0.15, -0.1) is 0 Å². The van der Waals surface area contributed by atoms with Crippen LogP contribution in [-0.4, -0.2) is 17.0 Å². The van der Waals surface area contributed by atoms with Crippen molar-refractivity contribution in [2.75, 3.05) is 5.32 Å². The number of carbonyl (C=O) groups is 2.